The van der Waals surface area contributed by atoms with Crippen molar-refractivity contribution in [2.75, 3.05) is 25.0 Å². The van der Waals surface area contributed by atoms with Crippen LogP contribution >= 0.6 is 0 Å². The lowest BCUT2D eigenvalue weighted by atomic mass is 10.2. The zero-order chi connectivity index (χ0) is 18.4. The molecule has 3 rings (SSSR count). The normalized spacial score (nSPS) is 22.3. The van der Waals surface area contributed by atoms with Crippen LogP contribution < -0.4 is 10.2 Å². The number of hydrogen-bond acceptors (Lipinski definition) is 5. The lowest BCUT2D eigenvalue weighted by Gasteiger charge is -2.36. The van der Waals surface area contributed by atoms with Gasteiger partial charge in [-0.15, -0.1) is 0 Å². The molecular formula is C17H23FN4O3. The van der Waals surface area contributed by atoms with Crippen LogP contribution in [0.25, 0.3) is 0 Å². The van der Waals surface area contributed by atoms with Gasteiger partial charge >= 0.3 is 6.09 Å². The highest BCUT2D eigenvalue weighted by atomic mass is 19.1. The first-order chi connectivity index (χ1) is 11.7. The summed E-state index contributed by atoms with van der Waals surface area (Å²) in [7, 11) is 1.47. The molecule has 1 N–H and O–H groups in total. The largest absolute Gasteiger partial charge is 0.444 e. The average Bonchev–Trinajstić information content (AvgIpc) is 3.12. The van der Waals surface area contributed by atoms with Crippen LogP contribution in [-0.4, -0.2) is 59.7 Å². The minimum Gasteiger partial charge on any atom is -0.444 e. The maximum absolute atomic E-state index is 14.4. The number of carbonyl (C=O) groups excluding carboxylic acids is 2. The van der Waals surface area contributed by atoms with E-state index in [1.165, 1.54) is 13.1 Å². The molecule has 1 aromatic rings. The number of piperazine rings is 1. The Balaban J connectivity index is 1.71. The molecule has 0 unspecified atom stereocenters. The Hall–Kier alpha value is -2.38. The molecule has 2 aliphatic heterocycles. The second-order valence-electron chi connectivity index (χ2n) is 7.41. The fourth-order valence-corrected chi connectivity index (χ4v) is 3.40. The SMILES string of the molecule is CNC(=O)c1ccc(N2C[C@H]3C[C@@H]2CN3C(=O)OC(C)(C)C)c(F)n1. The van der Waals surface area contributed by atoms with Gasteiger partial charge in [0.1, 0.15) is 11.3 Å². The van der Waals surface area contributed by atoms with Crippen LogP contribution in [0.2, 0.25) is 0 Å². The Labute approximate surface area is 146 Å². The summed E-state index contributed by atoms with van der Waals surface area (Å²) in [6.07, 6.45) is 0.448. The van der Waals surface area contributed by atoms with E-state index in [2.05, 4.69) is 10.3 Å². The second kappa shape index (κ2) is 6.16. The first-order valence-electron chi connectivity index (χ1n) is 8.34. The van der Waals surface area contributed by atoms with Gasteiger partial charge < -0.3 is 19.9 Å². The molecule has 0 aromatic carbocycles. The van der Waals surface area contributed by atoms with E-state index in [1.54, 1.807) is 11.0 Å². The fraction of sp³-hybridized carbons (Fsp3) is 0.588. The first-order valence-corrected chi connectivity index (χ1v) is 8.34. The van der Waals surface area contributed by atoms with E-state index in [1.807, 2.05) is 25.7 Å². The molecule has 2 bridgehead atoms. The highest BCUT2D eigenvalue weighted by Gasteiger charge is 2.47. The molecule has 0 spiro atoms. The zero-order valence-corrected chi connectivity index (χ0v) is 14.9. The van der Waals surface area contributed by atoms with Crippen LogP contribution in [-0.2, 0) is 4.74 Å². The number of aromatic nitrogens is 1. The van der Waals surface area contributed by atoms with Crippen molar-refractivity contribution in [1.29, 1.82) is 0 Å². The van der Waals surface area contributed by atoms with Crippen molar-refractivity contribution in [3.63, 3.8) is 0 Å². The first kappa shape index (κ1) is 17.4. The summed E-state index contributed by atoms with van der Waals surface area (Å²) in [6, 6.07) is 3.11. The van der Waals surface area contributed by atoms with Gasteiger partial charge in [-0.05, 0) is 39.3 Å². The van der Waals surface area contributed by atoms with Crippen molar-refractivity contribution < 1.29 is 18.7 Å². The highest BCUT2D eigenvalue weighted by Crippen LogP contribution is 2.36. The van der Waals surface area contributed by atoms with Gasteiger partial charge in [0.25, 0.3) is 5.91 Å². The van der Waals surface area contributed by atoms with E-state index < -0.39 is 17.5 Å². The van der Waals surface area contributed by atoms with E-state index in [0.717, 1.165) is 6.42 Å². The maximum Gasteiger partial charge on any atom is 0.410 e. The Bertz CT molecular complexity index is 704. The quantitative estimate of drug-likeness (QED) is 0.823. The molecule has 8 heteroatoms. The summed E-state index contributed by atoms with van der Waals surface area (Å²) in [4.78, 5) is 31.2. The third kappa shape index (κ3) is 3.38. The Morgan fingerprint density at radius 1 is 1.28 bits per heavy atom. The molecule has 0 saturated carbocycles. The van der Waals surface area contributed by atoms with Gasteiger partial charge in [0.15, 0.2) is 0 Å². The molecule has 2 amide bonds. The number of likely N-dealkylation sites (tertiary alicyclic amines) is 1. The molecule has 7 nitrogen and oxygen atoms in total. The van der Waals surface area contributed by atoms with Crippen molar-refractivity contribution in [2.24, 2.45) is 0 Å². The van der Waals surface area contributed by atoms with Gasteiger partial charge in [0, 0.05) is 26.2 Å². The number of ether oxygens (including phenoxy) is 1. The van der Waals surface area contributed by atoms with Crippen molar-refractivity contribution in [3.8, 4) is 0 Å². The fourth-order valence-electron chi connectivity index (χ4n) is 3.40. The van der Waals surface area contributed by atoms with Crippen molar-refractivity contribution in [2.45, 2.75) is 44.9 Å². The van der Waals surface area contributed by atoms with Gasteiger partial charge in [0.05, 0.1) is 11.7 Å². The molecule has 2 fully saturated rings. The van der Waals surface area contributed by atoms with Gasteiger partial charge in [-0.1, -0.05) is 0 Å². The number of hydrogen-bond donors (Lipinski definition) is 1. The summed E-state index contributed by atoms with van der Waals surface area (Å²) in [6.45, 7) is 6.53. The van der Waals surface area contributed by atoms with Crippen molar-refractivity contribution in [1.82, 2.24) is 15.2 Å². The molecule has 2 atom stereocenters. The average molecular weight is 350 g/mol. The summed E-state index contributed by atoms with van der Waals surface area (Å²) in [5.41, 5.74) is -0.128. The summed E-state index contributed by atoms with van der Waals surface area (Å²) in [5, 5.41) is 2.42. The molecule has 2 aliphatic rings. The number of amides is 2. The Kier molecular flexibility index (Phi) is 4.30. The lowest BCUT2D eigenvalue weighted by molar-refractivity contribution is 0.0214. The van der Waals surface area contributed by atoms with Gasteiger partial charge in [0.2, 0.25) is 5.95 Å². The molecular weight excluding hydrogens is 327 g/mol. The summed E-state index contributed by atoms with van der Waals surface area (Å²) in [5.74, 6) is -1.10. The number of fused-ring (bicyclic) bond motifs is 2. The van der Waals surface area contributed by atoms with Crippen LogP contribution in [0.4, 0.5) is 14.9 Å². The molecule has 136 valence electrons. The number of halogens is 1. The zero-order valence-electron chi connectivity index (χ0n) is 14.9. The number of rotatable bonds is 2. The molecule has 3 heterocycles. The third-order valence-corrected chi connectivity index (χ3v) is 4.47. The van der Waals surface area contributed by atoms with Crippen LogP contribution in [0.15, 0.2) is 12.1 Å². The number of nitrogens with zero attached hydrogens (tertiary/aromatic N) is 3. The van der Waals surface area contributed by atoms with Crippen LogP contribution in [0.1, 0.15) is 37.7 Å². The predicted molar refractivity (Wildman–Crippen MR) is 90.1 cm³/mol. The minimum absolute atomic E-state index is 0.00198. The van der Waals surface area contributed by atoms with E-state index in [0.29, 0.717) is 18.8 Å². The number of carbonyl (C=O) groups is 2. The minimum atomic E-state index is -0.669. The number of nitrogens with one attached hydrogen (secondary N) is 1. The Morgan fingerprint density at radius 2 is 2.00 bits per heavy atom. The second-order valence-corrected chi connectivity index (χ2v) is 7.41. The van der Waals surface area contributed by atoms with E-state index in [9.17, 15) is 14.0 Å². The van der Waals surface area contributed by atoms with Crippen LogP contribution in [0.5, 0.6) is 0 Å². The van der Waals surface area contributed by atoms with Gasteiger partial charge in [-0.3, -0.25) is 4.79 Å². The van der Waals surface area contributed by atoms with Crippen molar-refractivity contribution >= 4 is 17.7 Å². The maximum atomic E-state index is 14.4. The molecule has 0 radical (unpaired) electrons. The highest BCUT2D eigenvalue weighted by molar-refractivity contribution is 5.92. The third-order valence-electron chi connectivity index (χ3n) is 4.47. The van der Waals surface area contributed by atoms with Gasteiger partial charge in [-0.2, -0.15) is 4.39 Å². The number of pyridine rings is 1. The van der Waals surface area contributed by atoms with Crippen molar-refractivity contribution in [3.05, 3.63) is 23.8 Å². The van der Waals surface area contributed by atoms with E-state index in [-0.39, 0.29) is 23.9 Å². The number of anilines is 1. The standard InChI is InChI=1S/C17H23FN4O3/c1-17(2,3)25-16(24)22-9-10-7-11(22)8-21(10)13-6-5-12(15(23)19-4)20-14(13)18/h5-6,10-11H,7-9H2,1-4H3,(H,19,23)/t10-,11-/m1/s1. The smallest absolute Gasteiger partial charge is 0.410 e. The molecule has 2 saturated heterocycles. The Morgan fingerprint density at radius 3 is 2.52 bits per heavy atom. The summed E-state index contributed by atoms with van der Waals surface area (Å²) >= 11 is 0. The molecule has 1 aromatic heterocycles. The molecule has 25 heavy (non-hydrogen) atoms. The topological polar surface area (TPSA) is 74.8 Å². The van der Waals surface area contributed by atoms with E-state index >= 15 is 0 Å². The monoisotopic (exact) mass is 350 g/mol. The lowest BCUT2D eigenvalue weighted by Crippen LogP contribution is -2.50. The predicted octanol–water partition coefficient (Wildman–Crippen LogP) is 1.78. The molecule has 0 aliphatic carbocycles. The van der Waals surface area contributed by atoms with Crippen LogP contribution in [0, 0.1) is 5.95 Å². The van der Waals surface area contributed by atoms with Gasteiger partial charge in [-0.25, -0.2) is 9.78 Å². The van der Waals surface area contributed by atoms with E-state index in [4.69, 9.17) is 4.74 Å². The van der Waals surface area contributed by atoms with Crippen LogP contribution in [0.3, 0.4) is 0 Å². The summed E-state index contributed by atoms with van der Waals surface area (Å²) < 4.78 is 19.8.